The van der Waals surface area contributed by atoms with Crippen molar-refractivity contribution in [3.63, 3.8) is 0 Å². The van der Waals surface area contributed by atoms with Crippen LogP contribution in [0.4, 0.5) is 0 Å². The fraction of sp³-hybridized carbons (Fsp3) is 0.500. The SMILES string of the molecule is C1=[N+]NCN1. The molecule has 27 valence electrons. The molecule has 0 aromatic carbocycles. The van der Waals surface area contributed by atoms with Gasteiger partial charge in [-0.05, 0) is 0 Å². The van der Waals surface area contributed by atoms with Gasteiger partial charge in [0, 0.05) is 5.10 Å². The van der Waals surface area contributed by atoms with E-state index < -0.39 is 0 Å². The summed E-state index contributed by atoms with van der Waals surface area (Å²) < 4.78 is 0. The van der Waals surface area contributed by atoms with Gasteiger partial charge in [-0.25, -0.2) is 0 Å². The number of hydrazone groups is 1. The first-order valence-electron chi connectivity index (χ1n) is 1.48. The summed E-state index contributed by atoms with van der Waals surface area (Å²) in [6.07, 6.45) is 1.62. The van der Waals surface area contributed by atoms with Crippen molar-refractivity contribution in [2.75, 3.05) is 6.67 Å². The molecule has 1 aliphatic heterocycles. The molecular formula is C2H5N3+. The van der Waals surface area contributed by atoms with Crippen LogP contribution < -0.4 is 15.8 Å². The number of hydrogen-bond donors (Lipinski definition) is 2. The molecule has 3 heteroatoms. The van der Waals surface area contributed by atoms with Gasteiger partial charge in [-0.15, -0.1) is 0 Å². The fourth-order valence-electron chi connectivity index (χ4n) is 0.228. The Labute approximate surface area is 30.1 Å². The van der Waals surface area contributed by atoms with Crippen LogP contribution in [0.2, 0.25) is 0 Å². The van der Waals surface area contributed by atoms with E-state index in [0.717, 1.165) is 6.67 Å². The van der Waals surface area contributed by atoms with Gasteiger partial charge in [0.15, 0.2) is 6.67 Å². The lowest BCUT2D eigenvalue weighted by Gasteiger charge is -1.68. The summed E-state index contributed by atoms with van der Waals surface area (Å²) in [5, 5.41) is 6.42. The molecule has 0 unspecified atom stereocenters. The van der Waals surface area contributed by atoms with E-state index in [2.05, 4.69) is 15.8 Å². The summed E-state index contributed by atoms with van der Waals surface area (Å²) in [5.74, 6) is 0. The molecule has 1 radical (unpaired) electrons. The van der Waals surface area contributed by atoms with Crippen LogP contribution in [0.5, 0.6) is 0 Å². The third-order valence-electron chi connectivity index (χ3n) is 0.428. The van der Waals surface area contributed by atoms with Gasteiger partial charge in [-0.3, -0.25) is 5.32 Å². The van der Waals surface area contributed by atoms with E-state index in [1.807, 2.05) is 0 Å². The van der Waals surface area contributed by atoms with Crippen LogP contribution in [0.25, 0.3) is 0 Å². The van der Waals surface area contributed by atoms with Crippen molar-refractivity contribution in [1.29, 1.82) is 0 Å². The van der Waals surface area contributed by atoms with Crippen LogP contribution in [0.15, 0.2) is 0 Å². The van der Waals surface area contributed by atoms with Gasteiger partial charge in [0.1, 0.15) is 0 Å². The Balaban J connectivity index is 2.32. The van der Waals surface area contributed by atoms with Crippen LogP contribution >= 0.6 is 0 Å². The van der Waals surface area contributed by atoms with Crippen LogP contribution in [0.3, 0.4) is 0 Å². The van der Waals surface area contributed by atoms with Crippen molar-refractivity contribution in [1.82, 2.24) is 15.8 Å². The third kappa shape index (κ3) is 0.289. The van der Waals surface area contributed by atoms with E-state index in [4.69, 9.17) is 0 Å². The van der Waals surface area contributed by atoms with E-state index in [0.29, 0.717) is 0 Å². The molecule has 0 atom stereocenters. The molecule has 0 fully saturated rings. The first kappa shape index (κ1) is 2.50. The lowest BCUT2D eigenvalue weighted by molar-refractivity contribution is 0.721. The Morgan fingerprint density at radius 3 is 3.00 bits per heavy atom. The molecule has 0 aliphatic carbocycles. The molecule has 0 saturated carbocycles. The minimum Gasteiger partial charge on any atom is -0.255 e. The average Bonchev–Trinajstić information content (AvgIpc) is 1.76. The molecule has 5 heavy (non-hydrogen) atoms. The minimum absolute atomic E-state index is 0.778. The highest BCUT2D eigenvalue weighted by Crippen LogP contribution is 1.43. The standard InChI is InChI=1S/C2H5N3/c1-3-2-5-4-1/h1,3,5H,2H2/q+1. The molecule has 0 aromatic heterocycles. The van der Waals surface area contributed by atoms with Crippen molar-refractivity contribution in [2.24, 2.45) is 0 Å². The summed E-state index contributed by atoms with van der Waals surface area (Å²) in [6.45, 7) is 0.778. The molecule has 1 rings (SSSR count). The summed E-state index contributed by atoms with van der Waals surface area (Å²) in [6, 6.07) is 0. The largest absolute Gasteiger partial charge is 0.306 e. The molecule has 0 spiro atoms. The normalized spacial score (nSPS) is 17.6. The highest BCUT2D eigenvalue weighted by Gasteiger charge is 1.92. The Morgan fingerprint density at radius 1 is 1.80 bits per heavy atom. The molecule has 0 bridgehead atoms. The zero-order chi connectivity index (χ0) is 3.54. The third-order valence-corrected chi connectivity index (χ3v) is 0.428. The van der Waals surface area contributed by atoms with Crippen LogP contribution in [-0.2, 0) is 0 Å². The zero-order valence-electron chi connectivity index (χ0n) is 2.73. The Bertz CT molecular complexity index is 42.9. The van der Waals surface area contributed by atoms with Gasteiger partial charge in [-0.1, -0.05) is 0 Å². The van der Waals surface area contributed by atoms with Crippen LogP contribution in [0.1, 0.15) is 0 Å². The first-order valence-corrected chi connectivity index (χ1v) is 1.48. The van der Waals surface area contributed by atoms with E-state index in [-0.39, 0.29) is 0 Å². The quantitative estimate of drug-likeness (QED) is 0.361. The number of rotatable bonds is 0. The molecule has 0 saturated heterocycles. The maximum atomic E-state index is 3.60. The highest BCUT2D eigenvalue weighted by molar-refractivity contribution is 5.53. The molecule has 2 N–H and O–H groups in total. The summed E-state index contributed by atoms with van der Waals surface area (Å²) in [7, 11) is 0. The topological polar surface area (TPSA) is 38.2 Å². The molecule has 1 heterocycles. The summed E-state index contributed by atoms with van der Waals surface area (Å²) in [4.78, 5) is 0. The second-order valence-electron chi connectivity index (χ2n) is 0.797. The van der Waals surface area contributed by atoms with Gasteiger partial charge in [0.2, 0.25) is 0 Å². The fourth-order valence-corrected chi connectivity index (χ4v) is 0.228. The van der Waals surface area contributed by atoms with Crippen molar-refractivity contribution in [3.8, 4) is 0 Å². The molecular weight excluding hydrogens is 66.0 g/mol. The smallest absolute Gasteiger partial charge is 0.255 e. The second-order valence-corrected chi connectivity index (χ2v) is 0.797. The van der Waals surface area contributed by atoms with Crippen LogP contribution in [0, 0.1) is 0 Å². The maximum absolute atomic E-state index is 3.60. The van der Waals surface area contributed by atoms with Crippen molar-refractivity contribution in [2.45, 2.75) is 0 Å². The average molecular weight is 71.1 g/mol. The van der Waals surface area contributed by atoms with E-state index in [1.54, 1.807) is 6.34 Å². The van der Waals surface area contributed by atoms with Gasteiger partial charge >= 0.3 is 6.34 Å². The number of hydrogen-bond acceptors (Lipinski definition) is 3. The monoisotopic (exact) mass is 71.0 g/mol. The number of nitrogens with zero attached hydrogens (tertiary/aromatic N) is 1. The molecule has 0 aromatic rings. The molecule has 3 nitrogen and oxygen atoms in total. The minimum atomic E-state index is 0.778. The summed E-state index contributed by atoms with van der Waals surface area (Å²) >= 11 is 0. The van der Waals surface area contributed by atoms with E-state index in [1.165, 1.54) is 0 Å². The Hall–Kier alpha value is -0.730. The van der Waals surface area contributed by atoms with Gasteiger partial charge in [0.05, 0.1) is 0 Å². The predicted octanol–water partition coefficient (Wildman–Crippen LogP) is -1.58. The lowest BCUT2D eigenvalue weighted by atomic mass is 11.1. The lowest BCUT2D eigenvalue weighted by Crippen LogP contribution is -2.15. The van der Waals surface area contributed by atoms with Crippen LogP contribution in [-0.4, -0.2) is 13.0 Å². The van der Waals surface area contributed by atoms with Gasteiger partial charge < -0.3 is 0 Å². The molecule has 0 amide bonds. The molecule has 1 aliphatic rings. The zero-order valence-corrected chi connectivity index (χ0v) is 2.73. The van der Waals surface area contributed by atoms with Gasteiger partial charge in [0.25, 0.3) is 0 Å². The predicted molar refractivity (Wildman–Crippen MR) is 19.3 cm³/mol. The van der Waals surface area contributed by atoms with Gasteiger partial charge in [-0.2, -0.15) is 5.43 Å². The highest BCUT2D eigenvalue weighted by atomic mass is 15.4. The van der Waals surface area contributed by atoms with E-state index >= 15 is 0 Å². The van der Waals surface area contributed by atoms with E-state index in [9.17, 15) is 0 Å². The Morgan fingerprint density at radius 2 is 2.80 bits per heavy atom. The first-order chi connectivity index (χ1) is 2.50. The van der Waals surface area contributed by atoms with Crippen molar-refractivity contribution in [3.05, 3.63) is 0 Å². The summed E-state index contributed by atoms with van der Waals surface area (Å²) in [5.41, 5.74) is 2.68. The van der Waals surface area contributed by atoms with Crippen molar-refractivity contribution < 1.29 is 0 Å². The number of nitrogens with one attached hydrogen (secondary N) is 2. The maximum Gasteiger partial charge on any atom is 0.306 e. The second kappa shape index (κ2) is 0.924. The Kier molecular flexibility index (Phi) is 0.463. The van der Waals surface area contributed by atoms with Crippen molar-refractivity contribution >= 4 is 6.34 Å².